The summed E-state index contributed by atoms with van der Waals surface area (Å²) in [6.07, 6.45) is 0. The average Bonchev–Trinajstić information content (AvgIpc) is 2.31. The number of aromatic hydroxyl groups is 1. The Labute approximate surface area is 97.1 Å². The maximum absolute atomic E-state index is 13.5. The SMILES string of the molecule is COc1cc(-c2c(F)cccc2F)ccc1O. The molecule has 0 aromatic heterocycles. The quantitative estimate of drug-likeness (QED) is 0.866. The van der Waals surface area contributed by atoms with E-state index in [4.69, 9.17) is 4.74 Å². The van der Waals surface area contributed by atoms with Crippen LogP contribution in [-0.4, -0.2) is 12.2 Å². The molecular formula is C13H10F2O2. The largest absolute Gasteiger partial charge is 0.504 e. The van der Waals surface area contributed by atoms with Crippen LogP contribution >= 0.6 is 0 Å². The zero-order valence-electron chi connectivity index (χ0n) is 9.08. The van der Waals surface area contributed by atoms with Crippen LogP contribution in [0.5, 0.6) is 11.5 Å². The van der Waals surface area contributed by atoms with Gasteiger partial charge >= 0.3 is 0 Å². The van der Waals surface area contributed by atoms with E-state index < -0.39 is 11.6 Å². The summed E-state index contributed by atoms with van der Waals surface area (Å²) in [6.45, 7) is 0. The lowest BCUT2D eigenvalue weighted by atomic mass is 10.0. The van der Waals surface area contributed by atoms with Crippen LogP contribution in [0, 0.1) is 11.6 Å². The molecule has 0 aliphatic rings. The number of methoxy groups -OCH3 is 1. The number of halogens is 2. The third-order valence-corrected chi connectivity index (χ3v) is 2.43. The Morgan fingerprint density at radius 2 is 1.71 bits per heavy atom. The molecule has 0 heterocycles. The fraction of sp³-hybridized carbons (Fsp3) is 0.0769. The van der Waals surface area contributed by atoms with Gasteiger partial charge in [-0.1, -0.05) is 12.1 Å². The van der Waals surface area contributed by atoms with Crippen LogP contribution in [0.15, 0.2) is 36.4 Å². The summed E-state index contributed by atoms with van der Waals surface area (Å²) >= 11 is 0. The predicted molar refractivity (Wildman–Crippen MR) is 60.0 cm³/mol. The third kappa shape index (κ3) is 2.06. The number of benzene rings is 2. The van der Waals surface area contributed by atoms with Crippen molar-refractivity contribution in [2.45, 2.75) is 0 Å². The highest BCUT2D eigenvalue weighted by Gasteiger charge is 2.12. The molecule has 0 atom stereocenters. The van der Waals surface area contributed by atoms with Crippen LogP contribution in [0.4, 0.5) is 8.78 Å². The van der Waals surface area contributed by atoms with Crippen molar-refractivity contribution in [1.29, 1.82) is 0 Å². The van der Waals surface area contributed by atoms with Gasteiger partial charge in [0.15, 0.2) is 11.5 Å². The van der Waals surface area contributed by atoms with Crippen LogP contribution in [0.3, 0.4) is 0 Å². The van der Waals surface area contributed by atoms with Gasteiger partial charge in [0.05, 0.1) is 12.7 Å². The van der Waals surface area contributed by atoms with E-state index >= 15 is 0 Å². The molecule has 88 valence electrons. The fourth-order valence-electron chi connectivity index (χ4n) is 1.61. The molecule has 0 spiro atoms. The van der Waals surface area contributed by atoms with Crippen molar-refractivity contribution < 1.29 is 18.6 Å². The van der Waals surface area contributed by atoms with E-state index in [0.29, 0.717) is 5.56 Å². The number of hydrogen-bond acceptors (Lipinski definition) is 2. The summed E-state index contributed by atoms with van der Waals surface area (Å²) in [4.78, 5) is 0. The summed E-state index contributed by atoms with van der Waals surface area (Å²) in [7, 11) is 1.37. The highest BCUT2D eigenvalue weighted by atomic mass is 19.1. The van der Waals surface area contributed by atoms with Gasteiger partial charge < -0.3 is 9.84 Å². The molecule has 0 bridgehead atoms. The molecule has 2 rings (SSSR count). The van der Waals surface area contributed by atoms with Gasteiger partial charge in [0, 0.05) is 0 Å². The van der Waals surface area contributed by atoms with Gasteiger partial charge in [-0.3, -0.25) is 0 Å². The van der Waals surface area contributed by atoms with E-state index in [2.05, 4.69) is 0 Å². The van der Waals surface area contributed by atoms with E-state index in [1.54, 1.807) is 0 Å². The van der Waals surface area contributed by atoms with Gasteiger partial charge in [0.1, 0.15) is 11.6 Å². The van der Waals surface area contributed by atoms with Crippen molar-refractivity contribution in [3.63, 3.8) is 0 Å². The number of phenolic OH excluding ortho intramolecular Hbond substituents is 1. The fourth-order valence-corrected chi connectivity index (χ4v) is 1.61. The van der Waals surface area contributed by atoms with Crippen LogP contribution in [0.25, 0.3) is 11.1 Å². The summed E-state index contributed by atoms with van der Waals surface area (Å²) in [6, 6.07) is 7.80. The molecule has 4 heteroatoms. The predicted octanol–water partition coefficient (Wildman–Crippen LogP) is 3.35. The average molecular weight is 236 g/mol. The normalized spacial score (nSPS) is 10.3. The molecule has 1 N–H and O–H groups in total. The molecule has 0 amide bonds. The second-order valence-electron chi connectivity index (χ2n) is 3.48. The van der Waals surface area contributed by atoms with Crippen molar-refractivity contribution in [2.75, 3.05) is 7.11 Å². The molecule has 0 aliphatic carbocycles. The zero-order valence-corrected chi connectivity index (χ0v) is 9.08. The van der Waals surface area contributed by atoms with E-state index in [0.717, 1.165) is 0 Å². The van der Waals surface area contributed by atoms with E-state index in [1.807, 2.05) is 0 Å². The van der Waals surface area contributed by atoms with E-state index in [9.17, 15) is 13.9 Å². The Hall–Kier alpha value is -2.10. The molecule has 0 saturated carbocycles. The Kier molecular flexibility index (Phi) is 2.95. The molecule has 0 radical (unpaired) electrons. The minimum absolute atomic E-state index is 0.0759. The van der Waals surface area contributed by atoms with Gasteiger partial charge in [0.25, 0.3) is 0 Å². The first-order valence-corrected chi connectivity index (χ1v) is 4.95. The molecule has 0 aliphatic heterocycles. The van der Waals surface area contributed by atoms with Gasteiger partial charge in [-0.05, 0) is 29.8 Å². The molecule has 2 aromatic rings. The van der Waals surface area contributed by atoms with Gasteiger partial charge in [0.2, 0.25) is 0 Å². The summed E-state index contributed by atoms with van der Waals surface area (Å²) in [5.74, 6) is -1.21. The van der Waals surface area contributed by atoms with E-state index in [-0.39, 0.29) is 17.1 Å². The Balaban J connectivity index is 2.61. The first-order chi connectivity index (χ1) is 8.13. The topological polar surface area (TPSA) is 29.5 Å². The summed E-state index contributed by atoms with van der Waals surface area (Å²) in [5.41, 5.74) is 0.182. The second-order valence-corrected chi connectivity index (χ2v) is 3.48. The number of hydrogen-bond donors (Lipinski definition) is 1. The van der Waals surface area contributed by atoms with Gasteiger partial charge in [-0.25, -0.2) is 8.78 Å². The molecular weight excluding hydrogens is 226 g/mol. The van der Waals surface area contributed by atoms with Crippen LogP contribution in [-0.2, 0) is 0 Å². The lowest BCUT2D eigenvalue weighted by Gasteiger charge is -2.08. The van der Waals surface area contributed by atoms with Crippen molar-refractivity contribution in [3.05, 3.63) is 48.0 Å². The van der Waals surface area contributed by atoms with E-state index in [1.165, 1.54) is 43.5 Å². The maximum Gasteiger partial charge on any atom is 0.161 e. The molecule has 17 heavy (non-hydrogen) atoms. The lowest BCUT2D eigenvalue weighted by Crippen LogP contribution is -1.91. The first-order valence-electron chi connectivity index (χ1n) is 4.95. The Morgan fingerprint density at radius 1 is 1.06 bits per heavy atom. The van der Waals surface area contributed by atoms with Crippen molar-refractivity contribution >= 4 is 0 Å². The second kappa shape index (κ2) is 4.41. The number of ether oxygens (including phenoxy) is 1. The number of rotatable bonds is 2. The zero-order chi connectivity index (χ0) is 12.4. The van der Waals surface area contributed by atoms with Crippen LogP contribution in [0.1, 0.15) is 0 Å². The minimum atomic E-state index is -0.655. The molecule has 2 nitrogen and oxygen atoms in total. The van der Waals surface area contributed by atoms with Crippen molar-refractivity contribution in [2.24, 2.45) is 0 Å². The van der Waals surface area contributed by atoms with Gasteiger partial charge in [-0.2, -0.15) is 0 Å². The Bertz CT molecular complexity index is 533. The monoisotopic (exact) mass is 236 g/mol. The molecule has 2 aromatic carbocycles. The molecule has 0 unspecified atom stereocenters. The first kappa shape index (κ1) is 11.4. The third-order valence-electron chi connectivity index (χ3n) is 2.43. The highest BCUT2D eigenvalue weighted by molar-refractivity contribution is 5.68. The standard InChI is InChI=1S/C13H10F2O2/c1-17-12-7-8(5-6-11(12)16)13-9(14)3-2-4-10(13)15/h2-7,16H,1H3. The van der Waals surface area contributed by atoms with Crippen LogP contribution in [0.2, 0.25) is 0 Å². The molecule has 0 saturated heterocycles. The molecule has 0 fully saturated rings. The van der Waals surface area contributed by atoms with Crippen molar-refractivity contribution in [1.82, 2.24) is 0 Å². The number of phenols is 1. The summed E-state index contributed by atoms with van der Waals surface area (Å²) in [5, 5.41) is 9.41. The van der Waals surface area contributed by atoms with Crippen LogP contribution < -0.4 is 4.74 Å². The van der Waals surface area contributed by atoms with Crippen molar-refractivity contribution in [3.8, 4) is 22.6 Å². The van der Waals surface area contributed by atoms with Gasteiger partial charge in [-0.15, -0.1) is 0 Å². The highest BCUT2D eigenvalue weighted by Crippen LogP contribution is 2.33. The summed E-state index contributed by atoms with van der Waals surface area (Å²) < 4.78 is 32.0. The lowest BCUT2D eigenvalue weighted by molar-refractivity contribution is 0.373. The smallest absolute Gasteiger partial charge is 0.161 e. The Morgan fingerprint density at radius 3 is 2.29 bits per heavy atom. The minimum Gasteiger partial charge on any atom is -0.504 e. The maximum atomic E-state index is 13.5.